The molecule has 6 aromatic rings. The smallest absolute Gasteiger partial charge is 0.138 e. The molecular weight excluding hydrogens is 344 g/mol. The molecule has 2 aromatic heterocycles. The first-order valence-electron chi connectivity index (χ1n) is 9.53. The molecule has 0 aliphatic rings. The highest BCUT2D eigenvalue weighted by Gasteiger charge is 2.14. The summed E-state index contributed by atoms with van der Waals surface area (Å²) in [6, 6.07) is 25.4. The zero-order valence-electron chi connectivity index (χ0n) is 15.7. The van der Waals surface area contributed by atoms with Crippen molar-refractivity contribution in [1.29, 1.82) is 0 Å². The first-order chi connectivity index (χ1) is 13.7. The van der Waals surface area contributed by atoms with Crippen LogP contribution in [0.25, 0.3) is 55.0 Å². The number of para-hydroxylation sites is 1. The lowest BCUT2D eigenvalue weighted by atomic mass is 9.97. The van der Waals surface area contributed by atoms with Gasteiger partial charge in [0, 0.05) is 27.1 Å². The number of hydrogen-bond acceptors (Lipinski definition) is 2. The molecule has 0 saturated carbocycles. The Bertz CT molecular complexity index is 1530. The van der Waals surface area contributed by atoms with Crippen molar-refractivity contribution in [2.75, 3.05) is 0 Å². The molecule has 0 aliphatic heterocycles. The molecule has 0 fully saturated rings. The van der Waals surface area contributed by atoms with E-state index in [-0.39, 0.29) is 0 Å². The van der Waals surface area contributed by atoms with Gasteiger partial charge in [0.1, 0.15) is 22.3 Å². The summed E-state index contributed by atoms with van der Waals surface area (Å²) in [5.74, 6) is 0. The van der Waals surface area contributed by atoms with Gasteiger partial charge in [-0.15, -0.1) is 0 Å². The summed E-state index contributed by atoms with van der Waals surface area (Å²) in [7, 11) is 0. The third kappa shape index (κ3) is 2.09. The second-order valence-corrected chi connectivity index (χ2v) is 7.53. The molecule has 0 amide bonds. The summed E-state index contributed by atoms with van der Waals surface area (Å²) in [6.45, 7) is 4.22. The van der Waals surface area contributed by atoms with Crippen LogP contribution < -0.4 is 0 Å². The van der Waals surface area contributed by atoms with Crippen molar-refractivity contribution in [2.45, 2.75) is 13.8 Å². The lowest BCUT2D eigenvalue weighted by Crippen LogP contribution is -1.84. The molecule has 0 bridgehead atoms. The first-order valence-corrected chi connectivity index (χ1v) is 9.53. The Morgan fingerprint density at radius 1 is 0.571 bits per heavy atom. The van der Waals surface area contributed by atoms with Crippen molar-refractivity contribution >= 4 is 43.9 Å². The van der Waals surface area contributed by atoms with E-state index in [1.165, 1.54) is 11.1 Å². The van der Waals surface area contributed by atoms with Crippen molar-refractivity contribution in [2.24, 2.45) is 0 Å². The Morgan fingerprint density at radius 2 is 1.29 bits per heavy atom. The average molecular weight is 362 g/mol. The first kappa shape index (κ1) is 15.5. The molecule has 0 aliphatic carbocycles. The van der Waals surface area contributed by atoms with E-state index in [9.17, 15) is 0 Å². The van der Waals surface area contributed by atoms with Crippen LogP contribution in [0.1, 0.15) is 11.1 Å². The molecule has 2 heteroatoms. The largest absolute Gasteiger partial charge is 0.456 e. The Morgan fingerprint density at radius 3 is 2.18 bits per heavy atom. The number of benzene rings is 4. The molecule has 0 atom stereocenters. The molecule has 6 rings (SSSR count). The van der Waals surface area contributed by atoms with Gasteiger partial charge in [-0.2, -0.15) is 0 Å². The molecule has 28 heavy (non-hydrogen) atoms. The molecule has 4 aromatic carbocycles. The Hall–Kier alpha value is -3.52. The highest BCUT2D eigenvalue weighted by molar-refractivity contribution is 6.08. The molecule has 0 radical (unpaired) electrons. The monoisotopic (exact) mass is 362 g/mol. The van der Waals surface area contributed by atoms with Gasteiger partial charge < -0.3 is 8.83 Å². The van der Waals surface area contributed by atoms with E-state index in [4.69, 9.17) is 8.83 Å². The Balaban J connectivity index is 1.59. The summed E-state index contributed by atoms with van der Waals surface area (Å²) in [5.41, 5.74) is 8.42. The number of fused-ring (bicyclic) bond motifs is 6. The molecule has 134 valence electrons. The third-order valence-corrected chi connectivity index (χ3v) is 5.73. The van der Waals surface area contributed by atoms with E-state index in [2.05, 4.69) is 74.5 Å². The van der Waals surface area contributed by atoms with Crippen molar-refractivity contribution in [1.82, 2.24) is 0 Å². The molecule has 2 nitrogen and oxygen atoms in total. The number of hydrogen-bond donors (Lipinski definition) is 0. The van der Waals surface area contributed by atoms with Gasteiger partial charge in [-0.1, -0.05) is 42.5 Å². The van der Waals surface area contributed by atoms with E-state index in [1.807, 2.05) is 12.1 Å². The van der Waals surface area contributed by atoms with E-state index >= 15 is 0 Å². The van der Waals surface area contributed by atoms with Crippen LogP contribution >= 0.6 is 0 Å². The van der Waals surface area contributed by atoms with Crippen LogP contribution in [0.4, 0.5) is 0 Å². The summed E-state index contributed by atoms with van der Waals surface area (Å²) >= 11 is 0. The van der Waals surface area contributed by atoms with Crippen molar-refractivity contribution < 1.29 is 8.83 Å². The third-order valence-electron chi connectivity index (χ3n) is 5.73. The van der Waals surface area contributed by atoms with Gasteiger partial charge in [-0.25, -0.2) is 0 Å². The molecular formula is C26H18O2. The quantitative estimate of drug-likeness (QED) is 0.299. The minimum atomic E-state index is 0.919. The standard InChI is InChI=1S/C26H18O2/c1-15-7-9-20-21-10-8-17(14-25(21)27-24(20)13-15)18-11-12-22-19-5-3-4-6-23(19)28-26(22)16(18)2/h3-14H,1-2H3. The van der Waals surface area contributed by atoms with Gasteiger partial charge in [-0.3, -0.25) is 0 Å². The predicted molar refractivity (Wildman–Crippen MR) is 116 cm³/mol. The topological polar surface area (TPSA) is 26.3 Å². The maximum absolute atomic E-state index is 6.17. The fourth-order valence-corrected chi connectivity index (χ4v) is 4.29. The normalized spacial score (nSPS) is 11.9. The maximum atomic E-state index is 6.17. The van der Waals surface area contributed by atoms with Crippen LogP contribution in [0.2, 0.25) is 0 Å². The summed E-state index contributed by atoms with van der Waals surface area (Å²) in [5, 5.41) is 4.64. The van der Waals surface area contributed by atoms with Crippen molar-refractivity contribution in [3.05, 3.63) is 83.9 Å². The lowest BCUT2D eigenvalue weighted by molar-refractivity contribution is 0.665. The lowest BCUT2D eigenvalue weighted by Gasteiger charge is -2.06. The second-order valence-electron chi connectivity index (χ2n) is 7.53. The molecule has 0 spiro atoms. The number of rotatable bonds is 1. The van der Waals surface area contributed by atoms with E-state index in [0.29, 0.717) is 0 Å². The van der Waals surface area contributed by atoms with Crippen LogP contribution in [0.15, 0.2) is 81.6 Å². The van der Waals surface area contributed by atoms with Gasteiger partial charge in [0.2, 0.25) is 0 Å². The van der Waals surface area contributed by atoms with Crippen LogP contribution in [0, 0.1) is 13.8 Å². The van der Waals surface area contributed by atoms with Crippen molar-refractivity contribution in [3.8, 4) is 11.1 Å². The van der Waals surface area contributed by atoms with E-state index < -0.39 is 0 Å². The predicted octanol–water partition coefficient (Wildman–Crippen LogP) is 7.77. The SMILES string of the molecule is Cc1ccc2c(c1)oc1cc(-c3ccc4c(oc5ccccc54)c3C)ccc12. The van der Waals surface area contributed by atoms with Crippen LogP contribution in [0.3, 0.4) is 0 Å². The van der Waals surface area contributed by atoms with Gasteiger partial charge >= 0.3 is 0 Å². The van der Waals surface area contributed by atoms with Gasteiger partial charge in [-0.05, 0) is 60.9 Å². The molecule has 2 heterocycles. The molecule has 0 unspecified atom stereocenters. The fraction of sp³-hybridized carbons (Fsp3) is 0.0769. The molecule has 0 N–H and O–H groups in total. The fourth-order valence-electron chi connectivity index (χ4n) is 4.29. The summed E-state index contributed by atoms with van der Waals surface area (Å²) in [4.78, 5) is 0. The van der Waals surface area contributed by atoms with E-state index in [1.54, 1.807) is 0 Å². The van der Waals surface area contributed by atoms with Crippen molar-refractivity contribution in [3.63, 3.8) is 0 Å². The second kappa shape index (κ2) is 5.49. The summed E-state index contributed by atoms with van der Waals surface area (Å²) in [6.07, 6.45) is 0. The van der Waals surface area contributed by atoms with Gasteiger partial charge in [0.25, 0.3) is 0 Å². The van der Waals surface area contributed by atoms with Crippen LogP contribution in [-0.4, -0.2) is 0 Å². The zero-order chi connectivity index (χ0) is 18.8. The highest BCUT2D eigenvalue weighted by atomic mass is 16.3. The number of furan rings is 2. The van der Waals surface area contributed by atoms with Crippen LogP contribution in [-0.2, 0) is 0 Å². The highest BCUT2D eigenvalue weighted by Crippen LogP contribution is 2.38. The van der Waals surface area contributed by atoms with Gasteiger partial charge in [0.05, 0.1) is 0 Å². The van der Waals surface area contributed by atoms with Gasteiger partial charge in [0.15, 0.2) is 0 Å². The minimum Gasteiger partial charge on any atom is -0.456 e. The summed E-state index contributed by atoms with van der Waals surface area (Å²) < 4.78 is 12.3. The molecule has 0 saturated heterocycles. The maximum Gasteiger partial charge on any atom is 0.138 e. The van der Waals surface area contributed by atoms with E-state index in [0.717, 1.165) is 55.0 Å². The average Bonchev–Trinajstić information content (AvgIpc) is 3.26. The number of aryl methyl sites for hydroxylation is 2. The Labute approximate surface area is 162 Å². The zero-order valence-corrected chi connectivity index (χ0v) is 15.7. The van der Waals surface area contributed by atoms with Crippen LogP contribution in [0.5, 0.6) is 0 Å². The Kier molecular flexibility index (Phi) is 3.05. The minimum absolute atomic E-state index is 0.919.